The van der Waals surface area contributed by atoms with Crippen molar-refractivity contribution in [3.8, 4) is 0 Å². The standard InChI is InChI=1S/C25H44O10.2C2H6/c1-2-3-6-9-16-17(19(28)14-18(16)27)10-7-4-5-8-11-21(29)33-12-13-34-25-24(32)23(31)22(30)20(15-26)35-25;2*1-2/h16-18,20,22-27,30-32H,2-15H2,1H3;2*1-2H3/t16?,17?,18?,20-,22-,23+,24-,25?;;/m1../s1. The molecule has 39 heavy (non-hydrogen) atoms. The average Bonchev–Trinajstić information content (AvgIpc) is 3.22. The van der Waals surface area contributed by atoms with Crippen LogP contribution in [0.1, 0.15) is 105 Å². The molecule has 232 valence electrons. The zero-order valence-corrected chi connectivity index (χ0v) is 24.8. The Hall–Kier alpha value is -1.14. The molecule has 1 saturated heterocycles. The van der Waals surface area contributed by atoms with E-state index in [0.29, 0.717) is 6.42 Å². The van der Waals surface area contributed by atoms with Crippen LogP contribution in [0.5, 0.6) is 0 Å². The Bertz CT molecular complexity index is 629. The van der Waals surface area contributed by atoms with E-state index in [1.54, 1.807) is 0 Å². The molecule has 5 N–H and O–H groups in total. The number of ether oxygens (including phenoxy) is 3. The lowest BCUT2D eigenvalue weighted by Crippen LogP contribution is -2.59. The maximum atomic E-state index is 12.3. The van der Waals surface area contributed by atoms with E-state index >= 15 is 0 Å². The van der Waals surface area contributed by atoms with E-state index in [1.807, 2.05) is 27.7 Å². The molecule has 0 aromatic carbocycles. The van der Waals surface area contributed by atoms with Crippen molar-refractivity contribution in [3.63, 3.8) is 0 Å². The van der Waals surface area contributed by atoms with Gasteiger partial charge < -0.3 is 39.7 Å². The summed E-state index contributed by atoms with van der Waals surface area (Å²) in [7, 11) is 0. The minimum Gasteiger partial charge on any atom is -0.463 e. The maximum Gasteiger partial charge on any atom is 0.305 e. The van der Waals surface area contributed by atoms with Gasteiger partial charge in [-0.3, -0.25) is 9.59 Å². The summed E-state index contributed by atoms with van der Waals surface area (Å²) < 4.78 is 15.6. The molecule has 1 heterocycles. The molecule has 2 rings (SSSR count). The summed E-state index contributed by atoms with van der Waals surface area (Å²) in [5.74, 6) is -0.120. The van der Waals surface area contributed by atoms with E-state index in [2.05, 4.69) is 6.92 Å². The summed E-state index contributed by atoms with van der Waals surface area (Å²) in [4.78, 5) is 24.2. The molecule has 1 aliphatic carbocycles. The number of Topliss-reactive ketones (excluding diaryl/α,β-unsaturated/α-hetero) is 1. The van der Waals surface area contributed by atoms with Crippen LogP contribution in [0.2, 0.25) is 0 Å². The van der Waals surface area contributed by atoms with E-state index in [1.165, 1.54) is 0 Å². The molecule has 4 unspecified atom stereocenters. The van der Waals surface area contributed by atoms with Crippen molar-refractivity contribution in [1.29, 1.82) is 0 Å². The predicted molar refractivity (Wildman–Crippen MR) is 148 cm³/mol. The van der Waals surface area contributed by atoms with Crippen molar-refractivity contribution in [2.75, 3.05) is 19.8 Å². The van der Waals surface area contributed by atoms with Crippen molar-refractivity contribution >= 4 is 11.8 Å². The number of esters is 1. The second-order valence-corrected chi connectivity index (χ2v) is 9.75. The number of unbranched alkanes of at least 4 members (excludes halogenated alkanes) is 5. The van der Waals surface area contributed by atoms with Crippen LogP contribution < -0.4 is 0 Å². The van der Waals surface area contributed by atoms with Crippen molar-refractivity contribution in [3.05, 3.63) is 0 Å². The van der Waals surface area contributed by atoms with Crippen LogP contribution in [0, 0.1) is 11.8 Å². The SMILES string of the molecule is CC.CC.CCCCCC1C(O)CC(=O)C1CCCCCCC(=O)OCCOC1O[C@H](CO)[C@@H](O)[C@H](O)[C@H]1O. The number of hydrogen-bond acceptors (Lipinski definition) is 10. The van der Waals surface area contributed by atoms with Crippen LogP contribution in [0.25, 0.3) is 0 Å². The van der Waals surface area contributed by atoms with Gasteiger partial charge in [-0.1, -0.05) is 73.1 Å². The second-order valence-electron chi connectivity index (χ2n) is 9.75. The quantitative estimate of drug-likeness (QED) is 0.139. The molecule has 8 atom stereocenters. The topological polar surface area (TPSA) is 163 Å². The zero-order valence-electron chi connectivity index (χ0n) is 24.8. The monoisotopic (exact) mass is 564 g/mol. The maximum absolute atomic E-state index is 12.3. The summed E-state index contributed by atoms with van der Waals surface area (Å²) in [6.45, 7) is 9.47. The van der Waals surface area contributed by atoms with Gasteiger partial charge in [-0.05, 0) is 25.2 Å². The second kappa shape index (κ2) is 22.5. The van der Waals surface area contributed by atoms with E-state index in [0.717, 1.165) is 51.4 Å². The minimum atomic E-state index is -1.52. The van der Waals surface area contributed by atoms with Gasteiger partial charge in [-0.2, -0.15) is 0 Å². The number of carbonyl (C=O) groups is 2. The summed E-state index contributed by atoms with van der Waals surface area (Å²) in [6.07, 6.45) is 1.64. The highest BCUT2D eigenvalue weighted by Crippen LogP contribution is 2.36. The highest BCUT2D eigenvalue weighted by Gasteiger charge is 2.44. The fourth-order valence-corrected chi connectivity index (χ4v) is 5.00. The summed E-state index contributed by atoms with van der Waals surface area (Å²) in [6, 6.07) is 0. The smallest absolute Gasteiger partial charge is 0.305 e. The van der Waals surface area contributed by atoms with Crippen LogP contribution in [-0.4, -0.2) is 93.9 Å². The molecule has 0 radical (unpaired) electrons. The van der Waals surface area contributed by atoms with Gasteiger partial charge in [-0.25, -0.2) is 0 Å². The molecular formula is C29H56O10. The molecule has 10 heteroatoms. The van der Waals surface area contributed by atoms with Crippen molar-refractivity contribution in [1.82, 2.24) is 0 Å². The van der Waals surface area contributed by atoms with Crippen LogP contribution in [0.3, 0.4) is 0 Å². The highest BCUT2D eigenvalue weighted by atomic mass is 16.7. The largest absolute Gasteiger partial charge is 0.463 e. The van der Waals surface area contributed by atoms with Crippen molar-refractivity contribution in [2.45, 2.75) is 142 Å². The Morgan fingerprint density at radius 3 is 2.15 bits per heavy atom. The molecule has 2 fully saturated rings. The molecule has 0 bridgehead atoms. The molecule has 0 amide bonds. The van der Waals surface area contributed by atoms with E-state index in [4.69, 9.17) is 19.3 Å². The first-order chi connectivity index (χ1) is 18.8. The van der Waals surface area contributed by atoms with Gasteiger partial charge in [0.15, 0.2) is 6.29 Å². The summed E-state index contributed by atoms with van der Waals surface area (Å²) in [5, 5.41) is 48.8. The lowest BCUT2D eigenvalue weighted by molar-refractivity contribution is -0.302. The van der Waals surface area contributed by atoms with E-state index in [-0.39, 0.29) is 49.6 Å². The van der Waals surface area contributed by atoms with Gasteiger partial charge in [-0.15, -0.1) is 0 Å². The Balaban J connectivity index is 0.00000344. The van der Waals surface area contributed by atoms with Crippen molar-refractivity contribution in [2.24, 2.45) is 11.8 Å². The molecular weight excluding hydrogens is 508 g/mol. The molecule has 0 aromatic rings. The van der Waals surface area contributed by atoms with Gasteiger partial charge in [0.2, 0.25) is 0 Å². The number of ketones is 1. The summed E-state index contributed by atoms with van der Waals surface area (Å²) in [5.41, 5.74) is 0. The third kappa shape index (κ3) is 13.4. The van der Waals surface area contributed by atoms with E-state index < -0.39 is 43.4 Å². The fourth-order valence-electron chi connectivity index (χ4n) is 5.00. The number of hydrogen-bond donors (Lipinski definition) is 5. The van der Waals surface area contributed by atoms with Crippen LogP contribution in [0.15, 0.2) is 0 Å². The first kappa shape index (κ1) is 37.9. The minimum absolute atomic E-state index is 0.0319. The highest BCUT2D eigenvalue weighted by molar-refractivity contribution is 5.84. The normalized spacial score (nSPS) is 30.2. The Labute approximate surface area is 235 Å². The summed E-state index contributed by atoms with van der Waals surface area (Å²) >= 11 is 0. The molecule has 10 nitrogen and oxygen atoms in total. The van der Waals surface area contributed by atoms with Crippen LogP contribution in [0.4, 0.5) is 0 Å². The lowest BCUT2D eigenvalue weighted by Gasteiger charge is -2.39. The van der Waals surface area contributed by atoms with Crippen LogP contribution in [-0.2, 0) is 23.8 Å². The van der Waals surface area contributed by atoms with Crippen molar-refractivity contribution < 1.29 is 49.3 Å². The lowest BCUT2D eigenvalue weighted by atomic mass is 9.85. The predicted octanol–water partition coefficient (Wildman–Crippen LogP) is 2.89. The molecule has 0 spiro atoms. The van der Waals surface area contributed by atoms with Gasteiger partial charge in [0.1, 0.15) is 36.8 Å². The Morgan fingerprint density at radius 1 is 0.872 bits per heavy atom. The molecule has 0 aromatic heterocycles. The average molecular weight is 565 g/mol. The number of aliphatic hydroxyl groups is 5. The first-order valence-electron chi connectivity index (χ1n) is 15.1. The number of carbonyl (C=O) groups excluding carboxylic acids is 2. The Morgan fingerprint density at radius 2 is 1.51 bits per heavy atom. The third-order valence-electron chi connectivity index (χ3n) is 7.10. The third-order valence-corrected chi connectivity index (χ3v) is 7.10. The Kier molecular flexibility index (Phi) is 21.9. The fraction of sp³-hybridized carbons (Fsp3) is 0.931. The number of aliphatic hydroxyl groups excluding tert-OH is 5. The zero-order chi connectivity index (χ0) is 29.8. The number of rotatable bonds is 16. The van der Waals surface area contributed by atoms with Gasteiger partial charge in [0, 0.05) is 18.8 Å². The molecule has 1 aliphatic heterocycles. The van der Waals surface area contributed by atoms with Gasteiger partial charge in [0.05, 0.1) is 19.3 Å². The molecule has 1 saturated carbocycles. The van der Waals surface area contributed by atoms with Crippen LogP contribution >= 0.6 is 0 Å². The van der Waals surface area contributed by atoms with E-state index in [9.17, 15) is 30.0 Å². The molecule has 2 aliphatic rings. The first-order valence-corrected chi connectivity index (χ1v) is 15.1. The van der Waals surface area contributed by atoms with Gasteiger partial charge in [0.25, 0.3) is 0 Å². The van der Waals surface area contributed by atoms with Gasteiger partial charge >= 0.3 is 5.97 Å².